The molecule has 1 atom stereocenters. The van der Waals surface area contributed by atoms with Crippen LogP contribution in [0.25, 0.3) is 0 Å². The largest absolute Gasteiger partial charge is 0.467 e. The molecule has 1 aliphatic heterocycles. The zero-order valence-corrected chi connectivity index (χ0v) is 8.81. The lowest BCUT2D eigenvalue weighted by atomic mass is 10.0. The molecule has 1 aliphatic rings. The Labute approximate surface area is 86.8 Å². The fraction of sp³-hybridized carbons (Fsp3) is 0.667. The summed E-state index contributed by atoms with van der Waals surface area (Å²) in [4.78, 5) is 34.6. The van der Waals surface area contributed by atoms with Crippen molar-refractivity contribution in [3.8, 4) is 0 Å². The number of carboxylic acid groups (broad SMARTS) is 1. The molecule has 0 aromatic heterocycles. The third-order valence-corrected chi connectivity index (χ3v) is 2.45. The fourth-order valence-corrected chi connectivity index (χ4v) is 1.82. The summed E-state index contributed by atoms with van der Waals surface area (Å²) in [5.41, 5.74) is -0.859. The van der Waals surface area contributed by atoms with Gasteiger partial charge in [0.15, 0.2) is 11.8 Å². The van der Waals surface area contributed by atoms with Crippen LogP contribution in [0.5, 0.6) is 0 Å². The van der Waals surface area contributed by atoms with Gasteiger partial charge in [-0.15, -0.1) is 0 Å². The minimum atomic E-state index is -1.32. The second kappa shape index (κ2) is 3.52. The number of Topliss-reactive ketones (excluding diaryl/α,β-unsaturated/α-hetero) is 1. The van der Waals surface area contributed by atoms with E-state index in [4.69, 9.17) is 5.11 Å². The summed E-state index contributed by atoms with van der Waals surface area (Å²) < 4.78 is 4.41. The van der Waals surface area contributed by atoms with E-state index in [9.17, 15) is 14.4 Å². The molecule has 0 spiro atoms. The van der Waals surface area contributed by atoms with Gasteiger partial charge in [-0.05, 0) is 13.8 Å². The molecule has 0 saturated carbocycles. The third kappa shape index (κ3) is 1.79. The number of hydrogen-bond acceptors (Lipinski definition) is 4. The number of nitrogens with zero attached hydrogens (tertiary/aromatic N) is 1. The second-order valence-corrected chi connectivity index (χ2v) is 4.03. The summed E-state index contributed by atoms with van der Waals surface area (Å²) in [7, 11) is 1.13. The Morgan fingerprint density at radius 1 is 1.53 bits per heavy atom. The van der Waals surface area contributed by atoms with Gasteiger partial charge in [-0.2, -0.15) is 0 Å². The van der Waals surface area contributed by atoms with Gasteiger partial charge < -0.3 is 9.84 Å². The Hall–Kier alpha value is -1.59. The highest BCUT2D eigenvalue weighted by Crippen LogP contribution is 2.31. The molecule has 1 rings (SSSR count). The van der Waals surface area contributed by atoms with E-state index in [0.717, 1.165) is 12.0 Å². The molecule has 1 N–H and O–H groups in total. The molecule has 1 heterocycles. The number of carbonyl (C=O) groups is 3. The smallest absolute Gasteiger partial charge is 0.408 e. The molecule has 0 radical (unpaired) electrons. The predicted molar refractivity (Wildman–Crippen MR) is 49.4 cm³/mol. The molecule has 15 heavy (non-hydrogen) atoms. The first-order valence-electron chi connectivity index (χ1n) is 4.44. The highest BCUT2D eigenvalue weighted by atomic mass is 16.5. The lowest BCUT2D eigenvalue weighted by Crippen LogP contribution is -2.50. The second-order valence-electron chi connectivity index (χ2n) is 4.03. The summed E-state index contributed by atoms with van der Waals surface area (Å²) in [5.74, 6) is -1.25. The summed E-state index contributed by atoms with van der Waals surface area (Å²) in [5, 5.41) is 8.95. The van der Waals surface area contributed by atoms with Crippen LogP contribution in [-0.2, 0) is 14.3 Å². The number of likely N-dealkylation sites (tertiary alicyclic amines) is 1. The highest BCUT2D eigenvalue weighted by Gasteiger charge is 2.52. The normalized spacial score (nSPS) is 24.1. The summed E-state index contributed by atoms with van der Waals surface area (Å²) in [6.07, 6.45) is -1.26. The quantitative estimate of drug-likeness (QED) is 0.501. The molecule has 0 aromatic carbocycles. The van der Waals surface area contributed by atoms with Crippen LogP contribution < -0.4 is 0 Å². The van der Waals surface area contributed by atoms with Gasteiger partial charge in [0.25, 0.3) is 0 Å². The fourth-order valence-electron chi connectivity index (χ4n) is 1.82. The first-order valence-corrected chi connectivity index (χ1v) is 4.44. The first-order chi connectivity index (χ1) is 6.81. The molecular weight excluding hydrogens is 202 g/mol. The average molecular weight is 215 g/mol. The van der Waals surface area contributed by atoms with Crippen LogP contribution in [0.3, 0.4) is 0 Å². The molecule has 1 amide bonds. The van der Waals surface area contributed by atoms with Crippen LogP contribution in [-0.4, -0.2) is 46.5 Å². The van der Waals surface area contributed by atoms with Crippen molar-refractivity contribution in [3.63, 3.8) is 0 Å². The number of hydrogen-bond donors (Lipinski definition) is 1. The van der Waals surface area contributed by atoms with Crippen LogP contribution in [0, 0.1) is 0 Å². The van der Waals surface area contributed by atoms with Crippen molar-refractivity contribution >= 4 is 17.8 Å². The van der Waals surface area contributed by atoms with E-state index in [1.165, 1.54) is 0 Å². The maximum Gasteiger partial charge on any atom is 0.408 e. The maximum atomic E-state index is 11.5. The first kappa shape index (κ1) is 11.5. The summed E-state index contributed by atoms with van der Waals surface area (Å²) in [6, 6.07) is -1.32. The maximum absolute atomic E-state index is 11.5. The number of methoxy groups -OCH3 is 1. The number of esters is 1. The lowest BCUT2D eigenvalue weighted by Gasteiger charge is -2.30. The van der Waals surface area contributed by atoms with Gasteiger partial charge in [-0.3, -0.25) is 9.69 Å². The van der Waals surface area contributed by atoms with Crippen molar-refractivity contribution in [1.29, 1.82) is 0 Å². The molecule has 6 nitrogen and oxygen atoms in total. The Balaban J connectivity index is 3.09. The standard InChI is InChI=1S/C9H13NO5/c1-9(2)4-5(11)6(7(12)15-3)10(9)8(13)14/h6H,4H2,1-3H3,(H,13,14). The predicted octanol–water partition coefficient (Wildman–Crippen LogP) is 0.259. The molecule has 0 aliphatic carbocycles. The Bertz CT molecular complexity index is 322. The van der Waals surface area contributed by atoms with Crippen molar-refractivity contribution in [2.24, 2.45) is 0 Å². The Morgan fingerprint density at radius 3 is 2.47 bits per heavy atom. The van der Waals surface area contributed by atoms with E-state index in [0.29, 0.717) is 0 Å². The van der Waals surface area contributed by atoms with E-state index in [1.54, 1.807) is 13.8 Å². The summed E-state index contributed by atoms with van der Waals surface area (Å²) >= 11 is 0. The van der Waals surface area contributed by atoms with Gasteiger partial charge in [0.1, 0.15) is 0 Å². The van der Waals surface area contributed by atoms with Crippen LogP contribution in [0.2, 0.25) is 0 Å². The van der Waals surface area contributed by atoms with Gasteiger partial charge in [0.2, 0.25) is 0 Å². The van der Waals surface area contributed by atoms with Gasteiger partial charge in [-0.1, -0.05) is 0 Å². The van der Waals surface area contributed by atoms with E-state index >= 15 is 0 Å². The number of carbonyl (C=O) groups excluding carboxylic acids is 2. The minimum Gasteiger partial charge on any atom is -0.467 e. The van der Waals surface area contributed by atoms with Crippen LogP contribution in [0.4, 0.5) is 4.79 Å². The van der Waals surface area contributed by atoms with Crippen molar-refractivity contribution in [1.82, 2.24) is 4.90 Å². The van der Waals surface area contributed by atoms with Crippen molar-refractivity contribution in [2.75, 3.05) is 7.11 Å². The average Bonchev–Trinajstić information content (AvgIpc) is 2.33. The van der Waals surface area contributed by atoms with Crippen molar-refractivity contribution in [2.45, 2.75) is 31.8 Å². The monoisotopic (exact) mass is 215 g/mol. The third-order valence-electron chi connectivity index (χ3n) is 2.45. The number of rotatable bonds is 1. The number of ether oxygens (including phenoxy) is 1. The van der Waals surface area contributed by atoms with Crippen molar-refractivity contribution in [3.05, 3.63) is 0 Å². The highest BCUT2D eigenvalue weighted by molar-refractivity contribution is 6.07. The molecule has 0 bridgehead atoms. The molecule has 0 aromatic rings. The topological polar surface area (TPSA) is 83.9 Å². The lowest BCUT2D eigenvalue weighted by molar-refractivity contribution is -0.148. The van der Waals surface area contributed by atoms with Crippen molar-refractivity contribution < 1.29 is 24.2 Å². The Morgan fingerprint density at radius 2 is 2.07 bits per heavy atom. The van der Waals surface area contributed by atoms with Gasteiger partial charge >= 0.3 is 12.1 Å². The molecular formula is C9H13NO5. The summed E-state index contributed by atoms with van der Waals surface area (Å²) in [6.45, 7) is 3.20. The SMILES string of the molecule is COC(=O)C1C(=O)CC(C)(C)N1C(=O)O. The van der Waals surface area contributed by atoms with E-state index < -0.39 is 29.4 Å². The number of amides is 1. The van der Waals surface area contributed by atoms with Crippen LogP contribution >= 0.6 is 0 Å². The van der Waals surface area contributed by atoms with E-state index in [1.807, 2.05) is 0 Å². The molecule has 1 unspecified atom stereocenters. The minimum absolute atomic E-state index is 0.0269. The zero-order valence-electron chi connectivity index (χ0n) is 8.81. The van der Waals surface area contributed by atoms with Crippen LogP contribution in [0.1, 0.15) is 20.3 Å². The van der Waals surface area contributed by atoms with Gasteiger partial charge in [0.05, 0.1) is 7.11 Å². The number of ketones is 1. The molecule has 1 fully saturated rings. The zero-order chi connectivity index (χ0) is 11.8. The molecule has 84 valence electrons. The van der Waals surface area contributed by atoms with E-state index in [2.05, 4.69) is 4.74 Å². The Kier molecular flexibility index (Phi) is 2.70. The molecule has 6 heteroatoms. The van der Waals surface area contributed by atoms with Gasteiger partial charge in [0, 0.05) is 12.0 Å². The van der Waals surface area contributed by atoms with Crippen LogP contribution in [0.15, 0.2) is 0 Å². The molecule has 1 saturated heterocycles. The van der Waals surface area contributed by atoms with E-state index in [-0.39, 0.29) is 6.42 Å². The van der Waals surface area contributed by atoms with Gasteiger partial charge in [-0.25, -0.2) is 9.59 Å².